The van der Waals surface area contributed by atoms with Crippen LogP contribution in [0.5, 0.6) is 0 Å². The maximum atomic E-state index is 12.1. The third-order valence-electron chi connectivity index (χ3n) is 2.98. The lowest BCUT2D eigenvalue weighted by molar-refractivity contribution is -0.384. The molecule has 0 aliphatic carbocycles. The smallest absolute Gasteiger partial charge is 0.305 e. The van der Waals surface area contributed by atoms with E-state index in [1.807, 2.05) is 6.92 Å². The summed E-state index contributed by atoms with van der Waals surface area (Å²) in [6, 6.07) is 4.67. The lowest BCUT2D eigenvalue weighted by Crippen LogP contribution is -2.32. The van der Waals surface area contributed by atoms with Gasteiger partial charge in [0.05, 0.1) is 11.0 Å². The van der Waals surface area contributed by atoms with Crippen LogP contribution in [0.4, 0.5) is 11.4 Å². The molecular formula is C14H21N3O4. The highest BCUT2D eigenvalue weighted by molar-refractivity contribution is 6.00. The van der Waals surface area contributed by atoms with E-state index in [1.165, 1.54) is 13.2 Å². The van der Waals surface area contributed by atoms with Gasteiger partial charge in [-0.2, -0.15) is 0 Å². The molecule has 0 spiro atoms. The number of carbonyl (C=O) groups excluding carboxylic acids is 1. The van der Waals surface area contributed by atoms with E-state index >= 15 is 0 Å². The van der Waals surface area contributed by atoms with E-state index in [1.54, 1.807) is 19.1 Å². The molecule has 2 N–H and O–H groups in total. The van der Waals surface area contributed by atoms with Gasteiger partial charge in [0, 0.05) is 20.2 Å². The first kappa shape index (κ1) is 16.9. The third kappa shape index (κ3) is 4.71. The molecule has 0 bridgehead atoms. The predicted octanol–water partition coefficient (Wildman–Crippen LogP) is 2.18. The van der Waals surface area contributed by atoms with E-state index in [0.717, 1.165) is 6.42 Å². The highest BCUT2D eigenvalue weighted by atomic mass is 16.6. The number of carbonyl (C=O) groups is 1. The first-order valence-corrected chi connectivity index (χ1v) is 6.83. The second kappa shape index (κ2) is 8.21. The highest BCUT2D eigenvalue weighted by Gasteiger charge is 2.24. The maximum absolute atomic E-state index is 12.1. The van der Waals surface area contributed by atoms with Crippen LogP contribution in [-0.4, -0.2) is 37.1 Å². The van der Waals surface area contributed by atoms with Crippen molar-refractivity contribution >= 4 is 17.3 Å². The number of nitrogens with one attached hydrogen (secondary N) is 2. The Morgan fingerprint density at radius 3 is 2.76 bits per heavy atom. The summed E-state index contributed by atoms with van der Waals surface area (Å²) < 4.78 is 5.03. The molecule has 116 valence electrons. The Kier molecular flexibility index (Phi) is 6.61. The summed E-state index contributed by atoms with van der Waals surface area (Å²) in [6.07, 6.45) is 0.674. The SMILES string of the molecule is CCCNc1cccc(C(=O)NCC(C)OC)c1[N+](=O)[O-]. The Morgan fingerprint density at radius 2 is 2.19 bits per heavy atom. The number of anilines is 1. The van der Waals surface area contributed by atoms with Crippen LogP contribution in [0, 0.1) is 10.1 Å². The molecule has 0 aliphatic heterocycles. The molecule has 0 saturated carbocycles. The normalized spacial score (nSPS) is 11.8. The van der Waals surface area contributed by atoms with Crippen molar-refractivity contribution in [2.75, 3.05) is 25.5 Å². The molecule has 1 aromatic rings. The van der Waals surface area contributed by atoms with Crippen LogP contribution >= 0.6 is 0 Å². The quantitative estimate of drug-likeness (QED) is 0.566. The number of para-hydroxylation sites is 1. The maximum Gasteiger partial charge on any atom is 0.305 e. The number of benzene rings is 1. The van der Waals surface area contributed by atoms with Gasteiger partial charge in [0.2, 0.25) is 0 Å². The molecule has 0 heterocycles. The minimum Gasteiger partial charge on any atom is -0.380 e. The summed E-state index contributed by atoms with van der Waals surface area (Å²) >= 11 is 0. The summed E-state index contributed by atoms with van der Waals surface area (Å²) in [5.41, 5.74) is 0.201. The summed E-state index contributed by atoms with van der Waals surface area (Å²) in [6.45, 7) is 4.65. The predicted molar refractivity (Wildman–Crippen MR) is 80.7 cm³/mol. The number of ether oxygens (including phenoxy) is 1. The number of amides is 1. The van der Waals surface area contributed by atoms with E-state index in [9.17, 15) is 14.9 Å². The number of hydrogen-bond donors (Lipinski definition) is 2. The minimum absolute atomic E-state index is 0.0457. The van der Waals surface area contributed by atoms with Crippen LogP contribution in [0.25, 0.3) is 0 Å². The number of nitrogens with zero attached hydrogens (tertiary/aromatic N) is 1. The van der Waals surface area contributed by atoms with Gasteiger partial charge >= 0.3 is 5.69 Å². The number of nitro groups is 1. The summed E-state index contributed by atoms with van der Waals surface area (Å²) in [7, 11) is 1.54. The Balaban J connectivity index is 2.99. The molecule has 1 unspecified atom stereocenters. The Bertz CT molecular complexity index is 505. The van der Waals surface area contributed by atoms with Crippen molar-refractivity contribution in [3.63, 3.8) is 0 Å². The average Bonchev–Trinajstić information content (AvgIpc) is 2.49. The van der Waals surface area contributed by atoms with Crippen LogP contribution in [0.3, 0.4) is 0 Å². The van der Waals surface area contributed by atoms with Crippen molar-refractivity contribution in [3.8, 4) is 0 Å². The van der Waals surface area contributed by atoms with Crippen molar-refractivity contribution in [3.05, 3.63) is 33.9 Å². The van der Waals surface area contributed by atoms with Gasteiger partial charge in [-0.15, -0.1) is 0 Å². The Morgan fingerprint density at radius 1 is 1.48 bits per heavy atom. The molecule has 0 saturated heterocycles. The van der Waals surface area contributed by atoms with Crippen molar-refractivity contribution < 1.29 is 14.5 Å². The van der Waals surface area contributed by atoms with Crippen molar-refractivity contribution in [2.24, 2.45) is 0 Å². The molecule has 21 heavy (non-hydrogen) atoms. The Hall–Kier alpha value is -2.15. The molecule has 0 aliphatic rings. The van der Waals surface area contributed by atoms with Gasteiger partial charge in [-0.1, -0.05) is 13.0 Å². The number of rotatable bonds is 8. The summed E-state index contributed by atoms with van der Waals surface area (Å²) in [5, 5.41) is 16.9. The number of hydrogen-bond acceptors (Lipinski definition) is 5. The monoisotopic (exact) mass is 295 g/mol. The summed E-state index contributed by atoms with van der Waals surface area (Å²) in [4.78, 5) is 22.8. The van der Waals surface area contributed by atoms with Crippen molar-refractivity contribution in [1.29, 1.82) is 0 Å². The minimum atomic E-state index is -0.535. The van der Waals surface area contributed by atoms with E-state index < -0.39 is 10.8 Å². The summed E-state index contributed by atoms with van der Waals surface area (Å²) in [5.74, 6) is -0.481. The van der Waals surface area contributed by atoms with Gasteiger partial charge in [0.25, 0.3) is 5.91 Å². The molecule has 7 heteroatoms. The molecule has 0 radical (unpaired) electrons. The van der Waals surface area contributed by atoms with Gasteiger partial charge in [-0.05, 0) is 25.5 Å². The zero-order chi connectivity index (χ0) is 15.8. The molecule has 1 amide bonds. The van der Waals surface area contributed by atoms with Gasteiger partial charge in [-0.25, -0.2) is 0 Å². The van der Waals surface area contributed by atoms with Crippen LogP contribution in [0.1, 0.15) is 30.6 Å². The molecule has 7 nitrogen and oxygen atoms in total. The molecule has 0 fully saturated rings. The highest BCUT2D eigenvalue weighted by Crippen LogP contribution is 2.28. The second-order valence-electron chi connectivity index (χ2n) is 4.64. The molecular weight excluding hydrogens is 274 g/mol. The first-order chi connectivity index (χ1) is 10.0. The third-order valence-corrected chi connectivity index (χ3v) is 2.98. The Labute approximate surface area is 123 Å². The fraction of sp³-hybridized carbons (Fsp3) is 0.500. The number of nitro benzene ring substituents is 1. The zero-order valence-electron chi connectivity index (χ0n) is 12.5. The van der Waals surface area contributed by atoms with Crippen LogP contribution in [0.2, 0.25) is 0 Å². The van der Waals surface area contributed by atoms with E-state index in [-0.39, 0.29) is 17.4 Å². The second-order valence-corrected chi connectivity index (χ2v) is 4.64. The van der Waals surface area contributed by atoms with E-state index in [2.05, 4.69) is 10.6 Å². The zero-order valence-corrected chi connectivity index (χ0v) is 12.5. The van der Waals surface area contributed by atoms with Crippen molar-refractivity contribution in [1.82, 2.24) is 5.32 Å². The van der Waals surface area contributed by atoms with Crippen LogP contribution in [-0.2, 0) is 4.74 Å². The fourth-order valence-electron chi connectivity index (χ4n) is 1.74. The van der Waals surface area contributed by atoms with E-state index in [0.29, 0.717) is 18.8 Å². The molecule has 1 rings (SSSR count). The van der Waals surface area contributed by atoms with E-state index in [4.69, 9.17) is 4.74 Å². The fourth-order valence-corrected chi connectivity index (χ4v) is 1.74. The number of methoxy groups -OCH3 is 1. The van der Waals surface area contributed by atoms with Gasteiger partial charge in [-0.3, -0.25) is 14.9 Å². The largest absolute Gasteiger partial charge is 0.380 e. The molecule has 1 atom stereocenters. The lowest BCUT2D eigenvalue weighted by atomic mass is 10.1. The molecule has 1 aromatic carbocycles. The van der Waals surface area contributed by atoms with Gasteiger partial charge in [0.1, 0.15) is 11.3 Å². The van der Waals surface area contributed by atoms with Crippen LogP contribution in [0.15, 0.2) is 18.2 Å². The first-order valence-electron chi connectivity index (χ1n) is 6.83. The van der Waals surface area contributed by atoms with Gasteiger partial charge in [0.15, 0.2) is 0 Å². The lowest BCUT2D eigenvalue weighted by Gasteiger charge is -2.12. The standard InChI is InChI=1S/C14H21N3O4/c1-4-8-15-12-7-5-6-11(13(12)17(19)20)14(18)16-9-10(2)21-3/h5-7,10,15H,4,8-9H2,1-3H3,(H,16,18). The van der Waals surface area contributed by atoms with Gasteiger partial charge < -0.3 is 15.4 Å². The molecule has 0 aromatic heterocycles. The van der Waals surface area contributed by atoms with Crippen LogP contribution < -0.4 is 10.6 Å². The topological polar surface area (TPSA) is 93.5 Å². The van der Waals surface area contributed by atoms with Crippen molar-refractivity contribution in [2.45, 2.75) is 26.4 Å². The average molecular weight is 295 g/mol.